The van der Waals surface area contributed by atoms with Crippen LogP contribution in [0.2, 0.25) is 18.1 Å². The van der Waals surface area contributed by atoms with Crippen molar-refractivity contribution < 1.29 is 24.2 Å². The van der Waals surface area contributed by atoms with E-state index in [0.717, 1.165) is 5.69 Å². The zero-order valence-electron chi connectivity index (χ0n) is 20.4. The maximum absolute atomic E-state index is 13.3. The number of thioether (sulfide) groups is 1. The Morgan fingerprint density at radius 3 is 2.58 bits per heavy atom. The van der Waals surface area contributed by atoms with Crippen molar-refractivity contribution in [1.29, 1.82) is 0 Å². The van der Waals surface area contributed by atoms with Gasteiger partial charge in [0, 0.05) is 29.4 Å². The van der Waals surface area contributed by atoms with Crippen molar-refractivity contribution in [1.82, 2.24) is 9.88 Å². The molecule has 2 aliphatic heterocycles. The maximum atomic E-state index is 13.3. The molecule has 7 nitrogen and oxygen atoms in total. The number of hydrogen-bond acceptors (Lipinski definition) is 6. The average Bonchev–Trinajstić information content (AvgIpc) is 3.00. The molecule has 1 aromatic rings. The third-order valence-electron chi connectivity index (χ3n) is 7.18. The number of aliphatic hydroxyl groups is 1. The Morgan fingerprint density at radius 2 is 2.03 bits per heavy atom. The van der Waals surface area contributed by atoms with Gasteiger partial charge in [0.1, 0.15) is 5.70 Å². The minimum absolute atomic E-state index is 0.00782. The Hall–Kier alpha value is -1.68. The standard InChI is InChI=1S/C24H36N2O5SSi/c1-15(31-33(5,6)24(2,3)4)18-19-17(11-9-13-27)21(20(23(29)30)26(19)22(18)28)32-14-16-10-7-8-12-25-16/h7-8,10,12,15,17-19,27H,9,11,13-14H2,1-6H3,(H,29,30)/t15-,17-,18-,19-/m1/s1. The summed E-state index contributed by atoms with van der Waals surface area (Å²) >= 11 is 1.44. The molecule has 1 aromatic heterocycles. The minimum Gasteiger partial charge on any atom is -0.477 e. The molecule has 0 spiro atoms. The topological polar surface area (TPSA) is 100.0 Å². The second kappa shape index (κ2) is 9.89. The number of fused-ring (bicyclic) bond motifs is 1. The lowest BCUT2D eigenvalue weighted by Crippen LogP contribution is -2.65. The van der Waals surface area contributed by atoms with Crippen LogP contribution in [0.25, 0.3) is 0 Å². The highest BCUT2D eigenvalue weighted by molar-refractivity contribution is 8.02. The third-order valence-corrected chi connectivity index (χ3v) is 13.0. The summed E-state index contributed by atoms with van der Waals surface area (Å²) in [6.45, 7) is 12.8. The Bertz CT molecular complexity index is 915. The second-order valence-corrected chi connectivity index (χ2v) is 16.2. The number of carbonyl (C=O) groups is 2. The van der Waals surface area contributed by atoms with E-state index in [0.29, 0.717) is 23.5 Å². The van der Waals surface area contributed by atoms with E-state index >= 15 is 0 Å². The van der Waals surface area contributed by atoms with Crippen LogP contribution >= 0.6 is 11.8 Å². The van der Waals surface area contributed by atoms with Gasteiger partial charge in [0.05, 0.1) is 23.8 Å². The van der Waals surface area contributed by atoms with Crippen LogP contribution in [0.4, 0.5) is 0 Å². The first-order valence-corrected chi connectivity index (χ1v) is 15.4. The number of rotatable bonds is 10. The summed E-state index contributed by atoms with van der Waals surface area (Å²) in [5, 5.41) is 19.5. The molecule has 0 aliphatic carbocycles. The molecule has 3 heterocycles. The molecule has 2 N–H and O–H groups in total. The lowest BCUT2D eigenvalue weighted by Gasteiger charge is -2.50. The van der Waals surface area contributed by atoms with Gasteiger partial charge in [-0.2, -0.15) is 0 Å². The van der Waals surface area contributed by atoms with Crippen LogP contribution in [0.1, 0.15) is 46.2 Å². The van der Waals surface area contributed by atoms with Crippen LogP contribution in [0.5, 0.6) is 0 Å². The highest BCUT2D eigenvalue weighted by Crippen LogP contribution is 2.53. The summed E-state index contributed by atoms with van der Waals surface area (Å²) < 4.78 is 6.56. The van der Waals surface area contributed by atoms with Gasteiger partial charge >= 0.3 is 5.97 Å². The predicted molar refractivity (Wildman–Crippen MR) is 132 cm³/mol. The Kier molecular flexibility index (Phi) is 7.78. The molecule has 4 atom stereocenters. The number of aliphatic hydroxyl groups excluding tert-OH is 1. The number of aromatic nitrogens is 1. The minimum atomic E-state index is -2.10. The van der Waals surface area contributed by atoms with Gasteiger partial charge in [-0.3, -0.25) is 9.78 Å². The van der Waals surface area contributed by atoms with Crippen molar-refractivity contribution in [2.45, 2.75) is 76.6 Å². The number of hydrogen-bond donors (Lipinski definition) is 2. The van der Waals surface area contributed by atoms with E-state index in [4.69, 9.17) is 4.43 Å². The number of nitrogens with zero attached hydrogens (tertiary/aromatic N) is 2. The number of aliphatic carboxylic acids is 1. The smallest absolute Gasteiger partial charge is 0.353 e. The summed E-state index contributed by atoms with van der Waals surface area (Å²) in [5.74, 6) is -1.25. The summed E-state index contributed by atoms with van der Waals surface area (Å²) in [6, 6.07) is 5.40. The molecule has 0 aromatic carbocycles. The molecular weight excluding hydrogens is 456 g/mol. The summed E-state index contributed by atoms with van der Waals surface area (Å²) in [4.78, 5) is 32.1. The summed E-state index contributed by atoms with van der Waals surface area (Å²) in [6.07, 6.45) is 2.59. The third kappa shape index (κ3) is 5.06. The molecule has 1 amide bonds. The zero-order valence-corrected chi connectivity index (χ0v) is 22.2. The number of amides is 1. The molecule has 1 saturated heterocycles. The molecule has 9 heteroatoms. The lowest BCUT2D eigenvalue weighted by molar-refractivity contribution is -0.162. The SMILES string of the molecule is C[C@@H](O[Si](C)(C)C(C)(C)C)[C@H]1C(=O)N2C(C(=O)O)=C(SCc3ccccn3)[C@H](CCCO)[C@H]12. The second-order valence-electron chi connectivity index (χ2n) is 10.4. The Labute approximate surface area is 201 Å². The lowest BCUT2D eigenvalue weighted by atomic mass is 9.77. The number of β-lactam (4-membered cyclic amide) rings is 1. The molecule has 1 fully saturated rings. The van der Waals surface area contributed by atoms with E-state index in [2.05, 4.69) is 38.8 Å². The van der Waals surface area contributed by atoms with Crippen LogP contribution in [0.15, 0.2) is 35.0 Å². The van der Waals surface area contributed by atoms with Gasteiger partial charge in [-0.1, -0.05) is 26.8 Å². The van der Waals surface area contributed by atoms with Gasteiger partial charge < -0.3 is 19.5 Å². The van der Waals surface area contributed by atoms with Crippen molar-refractivity contribution in [3.63, 3.8) is 0 Å². The van der Waals surface area contributed by atoms with E-state index in [1.165, 1.54) is 16.7 Å². The van der Waals surface area contributed by atoms with E-state index in [1.54, 1.807) is 6.20 Å². The van der Waals surface area contributed by atoms with Crippen LogP contribution in [0.3, 0.4) is 0 Å². The molecule has 0 saturated carbocycles. The van der Waals surface area contributed by atoms with E-state index in [9.17, 15) is 19.8 Å². The molecule has 0 bridgehead atoms. The van der Waals surface area contributed by atoms with E-state index < -0.39 is 14.3 Å². The number of pyridine rings is 1. The first-order chi connectivity index (χ1) is 15.4. The number of carboxylic acids is 1. The van der Waals surface area contributed by atoms with Crippen LogP contribution < -0.4 is 0 Å². The van der Waals surface area contributed by atoms with Crippen molar-refractivity contribution in [3.8, 4) is 0 Å². The molecule has 2 aliphatic rings. The number of carbonyl (C=O) groups excluding carboxylic acids is 1. The van der Waals surface area contributed by atoms with Gasteiger partial charge in [-0.15, -0.1) is 11.8 Å². The van der Waals surface area contributed by atoms with Crippen molar-refractivity contribution in [2.75, 3.05) is 6.61 Å². The van der Waals surface area contributed by atoms with Crippen molar-refractivity contribution >= 4 is 32.0 Å². The Morgan fingerprint density at radius 1 is 1.33 bits per heavy atom. The normalized spacial score (nSPS) is 24.0. The van der Waals surface area contributed by atoms with Gasteiger partial charge in [-0.25, -0.2) is 4.79 Å². The highest BCUT2D eigenvalue weighted by atomic mass is 32.2. The monoisotopic (exact) mass is 492 g/mol. The maximum Gasteiger partial charge on any atom is 0.353 e. The molecule has 33 heavy (non-hydrogen) atoms. The molecular formula is C24H36N2O5SSi. The highest BCUT2D eigenvalue weighted by Gasteiger charge is 2.61. The van der Waals surface area contributed by atoms with Gasteiger partial charge in [-0.05, 0) is 50.0 Å². The first kappa shape index (κ1) is 25.9. The summed E-state index contributed by atoms with van der Waals surface area (Å²) in [7, 11) is -2.10. The largest absolute Gasteiger partial charge is 0.477 e. The van der Waals surface area contributed by atoms with E-state index in [1.807, 2.05) is 25.1 Å². The predicted octanol–water partition coefficient (Wildman–Crippen LogP) is 4.25. The van der Waals surface area contributed by atoms with E-state index in [-0.39, 0.29) is 47.2 Å². The fourth-order valence-electron chi connectivity index (χ4n) is 4.50. The van der Waals surface area contributed by atoms with Crippen molar-refractivity contribution in [2.24, 2.45) is 11.8 Å². The molecule has 0 unspecified atom stereocenters. The van der Waals surface area contributed by atoms with Crippen LogP contribution in [-0.4, -0.2) is 59.0 Å². The molecule has 3 rings (SSSR count). The van der Waals surface area contributed by atoms with Gasteiger partial charge in [0.15, 0.2) is 8.32 Å². The van der Waals surface area contributed by atoms with Crippen LogP contribution in [-0.2, 0) is 19.8 Å². The fraction of sp³-hybridized carbons (Fsp3) is 0.625. The average molecular weight is 493 g/mol. The van der Waals surface area contributed by atoms with Gasteiger partial charge in [0.25, 0.3) is 0 Å². The molecule has 0 radical (unpaired) electrons. The number of carboxylic acid groups (broad SMARTS) is 1. The summed E-state index contributed by atoms with van der Waals surface area (Å²) in [5.41, 5.74) is 0.942. The Balaban J connectivity index is 1.89. The fourth-order valence-corrected chi connectivity index (χ4v) is 7.19. The zero-order chi connectivity index (χ0) is 24.6. The molecule has 182 valence electrons. The van der Waals surface area contributed by atoms with Gasteiger partial charge in [0.2, 0.25) is 5.91 Å². The quantitative estimate of drug-likeness (QED) is 0.372. The van der Waals surface area contributed by atoms with Crippen molar-refractivity contribution in [3.05, 3.63) is 40.7 Å². The van der Waals surface area contributed by atoms with Crippen LogP contribution in [0, 0.1) is 11.8 Å². The first-order valence-electron chi connectivity index (χ1n) is 11.5.